The van der Waals surface area contributed by atoms with Crippen molar-refractivity contribution in [2.45, 2.75) is 0 Å². The van der Waals surface area contributed by atoms with Crippen LogP contribution < -0.4 is 11.1 Å². The zero-order valence-electron chi connectivity index (χ0n) is 17.5. The molecule has 6 nitrogen and oxygen atoms in total. The summed E-state index contributed by atoms with van der Waals surface area (Å²) in [4.78, 5) is 35.6. The molecule has 0 unspecified atom stereocenters. The van der Waals surface area contributed by atoms with E-state index in [0.717, 1.165) is 53.9 Å². The van der Waals surface area contributed by atoms with Crippen LogP contribution in [0.3, 0.4) is 0 Å². The average molecular weight is 436 g/mol. The van der Waals surface area contributed by atoms with Crippen LogP contribution in [0.15, 0.2) is 82.9 Å². The van der Waals surface area contributed by atoms with E-state index >= 15 is 0 Å². The second kappa shape index (κ2) is 5.21. The highest BCUT2D eigenvalue weighted by Gasteiger charge is 2.24. The summed E-state index contributed by atoms with van der Waals surface area (Å²) >= 11 is 0. The van der Waals surface area contributed by atoms with Gasteiger partial charge in [0.05, 0.1) is 10.8 Å². The smallest absolute Gasteiger partial charge is 0.264 e. The lowest BCUT2D eigenvalue weighted by Crippen LogP contribution is -2.04. The van der Waals surface area contributed by atoms with Gasteiger partial charge in [-0.1, -0.05) is 36.4 Å². The molecule has 0 fully saturated rings. The molecule has 0 bridgehead atoms. The number of nitrogens with zero attached hydrogens (tertiary/aromatic N) is 4. The Morgan fingerprint density at radius 3 is 1.47 bits per heavy atom. The van der Waals surface area contributed by atoms with Crippen LogP contribution >= 0.6 is 0 Å². The standard InChI is InChI=1S/C28H12N4O2/c33-27-17-11-13-3-1-5-15-19(13)22(24(17)26-30-8-10-32(26)27)16-6-2-4-14-12-18-23(21(15)20(14)16)25-29-7-9-31(25)28(18)34/h1-12H. The topological polar surface area (TPSA) is 68.7 Å². The molecule has 4 heterocycles. The Morgan fingerprint density at radius 2 is 1.00 bits per heavy atom. The summed E-state index contributed by atoms with van der Waals surface area (Å²) in [5.41, 5.74) is 1.26. The lowest BCUT2D eigenvalue weighted by molar-refractivity contribution is 1.17. The molecular weight excluding hydrogens is 424 g/mol. The van der Waals surface area contributed by atoms with E-state index in [2.05, 4.69) is 34.2 Å². The highest BCUT2D eigenvalue weighted by molar-refractivity contribution is 6.43. The van der Waals surface area contributed by atoms with Crippen molar-refractivity contribution in [2.75, 3.05) is 0 Å². The summed E-state index contributed by atoms with van der Waals surface area (Å²) in [6.45, 7) is 0. The van der Waals surface area contributed by atoms with Crippen molar-refractivity contribution in [1.82, 2.24) is 18.8 Å². The van der Waals surface area contributed by atoms with E-state index in [1.165, 1.54) is 0 Å². The van der Waals surface area contributed by atoms with Gasteiger partial charge in [-0.25, -0.2) is 9.97 Å². The molecule has 156 valence electrons. The van der Waals surface area contributed by atoms with Crippen molar-refractivity contribution in [2.24, 2.45) is 0 Å². The molecule has 0 aliphatic carbocycles. The van der Waals surface area contributed by atoms with Crippen molar-refractivity contribution < 1.29 is 0 Å². The van der Waals surface area contributed by atoms with E-state index in [1.54, 1.807) is 33.6 Å². The van der Waals surface area contributed by atoms with Gasteiger partial charge in [-0.05, 0) is 44.5 Å². The Morgan fingerprint density at radius 1 is 0.529 bits per heavy atom. The second-order valence-corrected chi connectivity index (χ2v) is 9.01. The molecule has 9 rings (SSSR count). The molecule has 0 atom stereocenters. The minimum absolute atomic E-state index is 0.0504. The molecule has 0 amide bonds. The molecule has 0 saturated heterocycles. The molecule has 0 radical (unpaired) electrons. The molecule has 6 heteroatoms. The van der Waals surface area contributed by atoms with Gasteiger partial charge in [-0.2, -0.15) is 0 Å². The lowest BCUT2D eigenvalue weighted by Gasteiger charge is -2.16. The first kappa shape index (κ1) is 16.7. The Hall–Kier alpha value is -4.84. The third-order valence-corrected chi connectivity index (χ3v) is 7.50. The average Bonchev–Trinajstić information content (AvgIpc) is 3.62. The molecule has 0 N–H and O–H groups in total. The van der Waals surface area contributed by atoms with Crippen molar-refractivity contribution in [3.05, 3.63) is 94.0 Å². The first-order chi connectivity index (χ1) is 16.7. The highest BCUT2D eigenvalue weighted by Crippen LogP contribution is 2.46. The van der Waals surface area contributed by atoms with Gasteiger partial charge in [0.2, 0.25) is 0 Å². The number of benzene rings is 5. The van der Waals surface area contributed by atoms with Crippen molar-refractivity contribution in [3.63, 3.8) is 0 Å². The zero-order valence-corrected chi connectivity index (χ0v) is 17.5. The molecule has 4 aromatic heterocycles. The SMILES string of the molecule is O=c1c2cc3cccc4c3c(c3cccc5cc6c(=O)n7ccnc7c6c4c53)c2c2nccn12. The molecule has 0 spiro atoms. The van der Waals surface area contributed by atoms with Crippen molar-refractivity contribution in [3.8, 4) is 0 Å². The predicted octanol–water partition coefficient (Wildman–Crippen LogP) is 4.94. The van der Waals surface area contributed by atoms with Crippen LogP contribution in [-0.4, -0.2) is 18.8 Å². The van der Waals surface area contributed by atoms with Crippen LogP contribution in [-0.2, 0) is 0 Å². The lowest BCUT2D eigenvalue weighted by atomic mass is 9.86. The number of aromatic nitrogens is 4. The third-order valence-electron chi connectivity index (χ3n) is 7.50. The zero-order chi connectivity index (χ0) is 22.3. The van der Waals surface area contributed by atoms with Gasteiger partial charge in [-0.15, -0.1) is 0 Å². The van der Waals surface area contributed by atoms with E-state index in [9.17, 15) is 9.59 Å². The minimum Gasteiger partial charge on any atom is -0.268 e. The number of fused-ring (bicyclic) bond motifs is 10. The quantitative estimate of drug-likeness (QED) is 0.250. The Labute approximate surface area is 188 Å². The second-order valence-electron chi connectivity index (χ2n) is 9.01. The van der Waals surface area contributed by atoms with E-state index in [1.807, 2.05) is 24.3 Å². The summed E-state index contributed by atoms with van der Waals surface area (Å²) in [5.74, 6) is 0. The fraction of sp³-hybridized carbons (Fsp3) is 0. The van der Waals surface area contributed by atoms with Crippen LogP contribution in [0.4, 0.5) is 0 Å². The molecule has 0 saturated carbocycles. The largest absolute Gasteiger partial charge is 0.268 e. The van der Waals surface area contributed by atoms with Gasteiger partial charge >= 0.3 is 0 Å². The van der Waals surface area contributed by atoms with Gasteiger partial charge in [0.25, 0.3) is 11.1 Å². The van der Waals surface area contributed by atoms with Crippen LogP contribution in [0, 0.1) is 0 Å². The Kier molecular flexibility index (Phi) is 2.56. The molecule has 0 aliphatic rings. The van der Waals surface area contributed by atoms with Gasteiger partial charge in [0.15, 0.2) is 0 Å². The van der Waals surface area contributed by atoms with Crippen molar-refractivity contribution in [1.29, 1.82) is 0 Å². The van der Waals surface area contributed by atoms with E-state index in [-0.39, 0.29) is 11.1 Å². The fourth-order valence-electron chi connectivity index (χ4n) is 6.23. The predicted molar refractivity (Wildman–Crippen MR) is 135 cm³/mol. The monoisotopic (exact) mass is 436 g/mol. The maximum absolute atomic E-state index is 13.2. The van der Waals surface area contributed by atoms with Gasteiger partial charge in [0.1, 0.15) is 11.3 Å². The first-order valence-electron chi connectivity index (χ1n) is 11.1. The van der Waals surface area contributed by atoms with E-state index in [4.69, 9.17) is 0 Å². The van der Waals surface area contributed by atoms with Gasteiger partial charge in [0, 0.05) is 46.3 Å². The summed E-state index contributed by atoms with van der Waals surface area (Å²) in [7, 11) is 0. The number of hydrogen-bond acceptors (Lipinski definition) is 4. The van der Waals surface area contributed by atoms with E-state index in [0.29, 0.717) is 22.1 Å². The number of rotatable bonds is 0. The van der Waals surface area contributed by atoms with Crippen LogP contribution in [0.1, 0.15) is 0 Å². The molecule has 9 aromatic rings. The first-order valence-corrected chi connectivity index (χ1v) is 11.1. The Balaban J connectivity index is 1.77. The van der Waals surface area contributed by atoms with Crippen molar-refractivity contribution >= 4 is 75.9 Å². The summed E-state index contributed by atoms with van der Waals surface area (Å²) in [6, 6.07) is 16.3. The summed E-state index contributed by atoms with van der Waals surface area (Å²) < 4.78 is 3.26. The maximum Gasteiger partial charge on any atom is 0.264 e. The number of hydrogen-bond donors (Lipinski definition) is 0. The fourth-order valence-corrected chi connectivity index (χ4v) is 6.23. The van der Waals surface area contributed by atoms with Crippen LogP contribution in [0.5, 0.6) is 0 Å². The van der Waals surface area contributed by atoms with Crippen LogP contribution in [0.2, 0.25) is 0 Å². The minimum atomic E-state index is -0.0504. The summed E-state index contributed by atoms with van der Waals surface area (Å²) in [6.07, 6.45) is 6.81. The van der Waals surface area contributed by atoms with Gasteiger partial charge < -0.3 is 0 Å². The summed E-state index contributed by atoms with van der Waals surface area (Å²) in [5, 5.41) is 11.4. The molecule has 0 aliphatic heterocycles. The Bertz CT molecular complexity index is 2260. The molecular formula is C28H12N4O2. The molecule has 5 aromatic carbocycles. The number of imidazole rings is 2. The van der Waals surface area contributed by atoms with Crippen LogP contribution in [0.25, 0.3) is 75.9 Å². The maximum atomic E-state index is 13.2. The van der Waals surface area contributed by atoms with E-state index < -0.39 is 0 Å². The highest BCUT2D eigenvalue weighted by atomic mass is 16.1. The third kappa shape index (κ3) is 1.62. The normalized spacial score (nSPS) is 12.9. The van der Waals surface area contributed by atoms with Gasteiger partial charge in [-0.3, -0.25) is 18.4 Å². The molecule has 34 heavy (non-hydrogen) atoms.